The maximum absolute atomic E-state index is 10.4. The summed E-state index contributed by atoms with van der Waals surface area (Å²) in [4.78, 5) is 0. The van der Waals surface area contributed by atoms with Gasteiger partial charge in [0.05, 0.1) is 24.9 Å². The molecule has 2 unspecified atom stereocenters. The zero-order chi connectivity index (χ0) is 14.3. The molecule has 2 fully saturated rings. The Balaban J connectivity index is 1.70. The average Bonchev–Trinajstić information content (AvgIpc) is 2.48. The van der Waals surface area contributed by atoms with E-state index in [0.29, 0.717) is 25.7 Å². The van der Waals surface area contributed by atoms with E-state index in [-0.39, 0.29) is 11.7 Å². The summed E-state index contributed by atoms with van der Waals surface area (Å²) < 4.78 is 16.5. The number of hydrogen-bond donors (Lipinski definition) is 1. The van der Waals surface area contributed by atoms with Gasteiger partial charge in [0.1, 0.15) is 0 Å². The zero-order valence-electron chi connectivity index (χ0n) is 12.5. The normalized spacial score (nSPS) is 27.6. The molecule has 2 aliphatic heterocycles. The van der Waals surface area contributed by atoms with Crippen molar-refractivity contribution in [3.05, 3.63) is 0 Å². The monoisotopic (exact) mass is 304 g/mol. The van der Waals surface area contributed by atoms with E-state index in [1.165, 1.54) is 11.5 Å². The minimum Gasteiger partial charge on any atom is -0.393 e. The molecule has 118 valence electrons. The van der Waals surface area contributed by atoms with Crippen molar-refractivity contribution in [1.29, 1.82) is 0 Å². The fraction of sp³-hybridized carbons (Fsp3) is 1.00. The number of aliphatic hydroxyl groups is 1. The predicted molar refractivity (Wildman–Crippen MR) is 81.3 cm³/mol. The van der Waals surface area contributed by atoms with Crippen molar-refractivity contribution in [3.8, 4) is 0 Å². The first kappa shape index (κ1) is 16.6. The van der Waals surface area contributed by atoms with Gasteiger partial charge >= 0.3 is 0 Å². The molecule has 5 heteroatoms. The number of methoxy groups -OCH3 is 1. The van der Waals surface area contributed by atoms with Crippen molar-refractivity contribution in [3.63, 3.8) is 0 Å². The van der Waals surface area contributed by atoms with Crippen LogP contribution in [0.25, 0.3) is 0 Å². The second-order valence-electron chi connectivity index (χ2n) is 5.86. The van der Waals surface area contributed by atoms with Crippen LogP contribution >= 0.6 is 11.8 Å². The van der Waals surface area contributed by atoms with Crippen LogP contribution in [-0.4, -0.2) is 61.9 Å². The average molecular weight is 304 g/mol. The molecule has 0 aromatic heterocycles. The molecule has 2 aliphatic rings. The van der Waals surface area contributed by atoms with Crippen LogP contribution in [-0.2, 0) is 14.2 Å². The van der Waals surface area contributed by atoms with Crippen LogP contribution in [0.2, 0.25) is 0 Å². The summed E-state index contributed by atoms with van der Waals surface area (Å²) in [6.45, 7) is 2.65. The van der Waals surface area contributed by atoms with E-state index in [9.17, 15) is 5.11 Å². The summed E-state index contributed by atoms with van der Waals surface area (Å²) in [5.74, 6) is 2.77. The van der Waals surface area contributed by atoms with E-state index in [0.717, 1.165) is 38.7 Å². The van der Waals surface area contributed by atoms with E-state index >= 15 is 0 Å². The predicted octanol–water partition coefficient (Wildman–Crippen LogP) is 2.09. The molecule has 0 amide bonds. The van der Waals surface area contributed by atoms with Crippen molar-refractivity contribution in [2.45, 2.75) is 43.8 Å². The summed E-state index contributed by atoms with van der Waals surface area (Å²) in [5, 5.41) is 10.4. The summed E-state index contributed by atoms with van der Waals surface area (Å²) in [5.41, 5.74) is 0.0616. The maximum atomic E-state index is 10.4. The Bertz CT molecular complexity index is 263. The Kier molecular flexibility index (Phi) is 7.11. The molecule has 0 aromatic carbocycles. The van der Waals surface area contributed by atoms with E-state index in [2.05, 4.69) is 0 Å². The first-order chi connectivity index (χ1) is 9.76. The van der Waals surface area contributed by atoms with Gasteiger partial charge in [-0.15, -0.1) is 0 Å². The van der Waals surface area contributed by atoms with E-state index in [4.69, 9.17) is 14.2 Å². The van der Waals surface area contributed by atoms with Crippen LogP contribution in [0.4, 0.5) is 0 Å². The molecule has 0 radical (unpaired) electrons. The van der Waals surface area contributed by atoms with Crippen LogP contribution < -0.4 is 0 Å². The second-order valence-corrected chi connectivity index (χ2v) is 7.08. The van der Waals surface area contributed by atoms with Crippen molar-refractivity contribution >= 4 is 11.8 Å². The molecular formula is C15H28O4S. The Morgan fingerprint density at radius 3 is 2.85 bits per heavy atom. The highest BCUT2D eigenvalue weighted by Crippen LogP contribution is 2.41. The van der Waals surface area contributed by atoms with Crippen LogP contribution in [0.5, 0.6) is 0 Å². The topological polar surface area (TPSA) is 47.9 Å². The summed E-state index contributed by atoms with van der Waals surface area (Å²) in [6.07, 6.45) is 4.75. The highest BCUT2D eigenvalue weighted by molar-refractivity contribution is 7.99. The number of aliphatic hydroxyl groups excluding tert-OH is 1. The number of hydrogen-bond acceptors (Lipinski definition) is 5. The molecule has 1 N–H and O–H groups in total. The molecular weight excluding hydrogens is 276 g/mol. The third kappa shape index (κ3) is 4.88. The summed E-state index contributed by atoms with van der Waals surface area (Å²) in [7, 11) is 1.67. The molecule has 20 heavy (non-hydrogen) atoms. The Morgan fingerprint density at radius 1 is 1.30 bits per heavy atom. The smallest absolute Gasteiger partial charge is 0.0701 e. The van der Waals surface area contributed by atoms with Gasteiger partial charge in [-0.2, -0.15) is 11.8 Å². The number of ether oxygens (including phenoxy) is 3. The highest BCUT2D eigenvalue weighted by Gasteiger charge is 2.40. The lowest BCUT2D eigenvalue weighted by molar-refractivity contribution is -0.123. The van der Waals surface area contributed by atoms with Gasteiger partial charge < -0.3 is 19.3 Å². The largest absolute Gasteiger partial charge is 0.393 e. The quantitative estimate of drug-likeness (QED) is 0.730. The van der Waals surface area contributed by atoms with E-state index < -0.39 is 0 Å². The number of rotatable bonds is 7. The van der Waals surface area contributed by atoms with Crippen LogP contribution in [0.3, 0.4) is 0 Å². The molecule has 0 aromatic rings. The molecule has 0 aliphatic carbocycles. The molecule has 4 nitrogen and oxygen atoms in total. The Labute approximate surface area is 126 Å². The lowest BCUT2D eigenvalue weighted by Crippen LogP contribution is -2.45. The van der Waals surface area contributed by atoms with Gasteiger partial charge in [-0.05, 0) is 49.5 Å². The van der Waals surface area contributed by atoms with Gasteiger partial charge in [-0.3, -0.25) is 0 Å². The molecule has 2 rings (SSSR count). The fourth-order valence-electron chi connectivity index (χ4n) is 3.17. The van der Waals surface area contributed by atoms with Gasteiger partial charge in [0.2, 0.25) is 0 Å². The van der Waals surface area contributed by atoms with Crippen LogP contribution in [0.15, 0.2) is 0 Å². The summed E-state index contributed by atoms with van der Waals surface area (Å²) >= 11 is 2.02. The Hall–Kier alpha value is 0.190. The minimum absolute atomic E-state index is 0.0616. The van der Waals surface area contributed by atoms with Gasteiger partial charge in [0, 0.05) is 20.3 Å². The highest BCUT2D eigenvalue weighted by atomic mass is 32.2. The van der Waals surface area contributed by atoms with Crippen LogP contribution in [0.1, 0.15) is 32.1 Å². The van der Waals surface area contributed by atoms with Gasteiger partial charge in [-0.1, -0.05) is 0 Å². The van der Waals surface area contributed by atoms with Crippen molar-refractivity contribution in [2.75, 3.05) is 45.0 Å². The fourth-order valence-corrected chi connectivity index (χ4v) is 4.41. The minimum atomic E-state index is -0.257. The first-order valence-electron chi connectivity index (χ1n) is 7.72. The van der Waals surface area contributed by atoms with E-state index in [1.807, 2.05) is 11.8 Å². The third-order valence-corrected chi connectivity index (χ3v) is 5.45. The molecule has 2 saturated heterocycles. The SMILES string of the molecule is COCCOCCC(O)C1CCOC2(CCSCC2)C1. The lowest BCUT2D eigenvalue weighted by Gasteiger charge is -2.44. The number of thioether (sulfide) groups is 1. The third-order valence-electron chi connectivity index (χ3n) is 4.47. The van der Waals surface area contributed by atoms with Crippen molar-refractivity contribution < 1.29 is 19.3 Å². The van der Waals surface area contributed by atoms with Gasteiger partial charge in [0.25, 0.3) is 0 Å². The van der Waals surface area contributed by atoms with E-state index in [1.54, 1.807) is 7.11 Å². The maximum Gasteiger partial charge on any atom is 0.0701 e. The molecule has 2 atom stereocenters. The lowest BCUT2D eigenvalue weighted by atomic mass is 9.79. The van der Waals surface area contributed by atoms with Crippen LogP contribution in [0, 0.1) is 5.92 Å². The van der Waals surface area contributed by atoms with Gasteiger partial charge in [0.15, 0.2) is 0 Å². The standard InChI is InChI=1S/C15H28O4S/c1-17-8-9-18-6-3-14(16)13-2-7-19-15(12-13)4-10-20-11-5-15/h13-14,16H,2-12H2,1H3. The van der Waals surface area contributed by atoms with Gasteiger partial charge in [-0.25, -0.2) is 0 Å². The molecule has 0 saturated carbocycles. The van der Waals surface area contributed by atoms with Crippen molar-refractivity contribution in [2.24, 2.45) is 5.92 Å². The first-order valence-corrected chi connectivity index (χ1v) is 8.88. The van der Waals surface area contributed by atoms with Crippen molar-refractivity contribution in [1.82, 2.24) is 0 Å². The molecule has 1 spiro atoms. The Morgan fingerprint density at radius 2 is 2.10 bits per heavy atom. The molecule has 2 heterocycles. The zero-order valence-corrected chi connectivity index (χ0v) is 13.3. The molecule has 0 bridgehead atoms. The summed E-state index contributed by atoms with van der Waals surface area (Å²) in [6, 6.07) is 0. The second kappa shape index (κ2) is 8.59.